The molecule has 1 rings (SSSR count). The van der Waals surface area contributed by atoms with Gasteiger partial charge in [0.25, 0.3) is 5.91 Å². The Kier molecular flexibility index (Phi) is 7.49. The number of hydrogen-bond acceptors (Lipinski definition) is 3. The number of rotatable bonds is 8. The smallest absolute Gasteiger partial charge is 0.254 e. The summed E-state index contributed by atoms with van der Waals surface area (Å²) in [6.45, 7) is 5.03. The molecule has 1 N–H and O–H groups in total. The van der Waals surface area contributed by atoms with Crippen LogP contribution < -0.4 is 5.32 Å². The number of carbonyl (C=O) groups is 1. The van der Waals surface area contributed by atoms with Crippen molar-refractivity contribution in [1.29, 1.82) is 0 Å². The van der Waals surface area contributed by atoms with E-state index in [1.54, 1.807) is 18.0 Å². The second-order valence-corrected chi connectivity index (χ2v) is 5.25. The molecule has 0 saturated heterocycles. The lowest BCUT2D eigenvalue weighted by Gasteiger charge is -2.08. The Bertz CT molecular complexity index is 369. The summed E-state index contributed by atoms with van der Waals surface area (Å²) in [5, 5.41) is 3.80. The highest BCUT2D eigenvalue weighted by molar-refractivity contribution is 7.99. The molecule has 1 aromatic heterocycles. The van der Waals surface area contributed by atoms with Crippen molar-refractivity contribution in [3.05, 3.63) is 23.9 Å². The summed E-state index contributed by atoms with van der Waals surface area (Å²) in [5.41, 5.74) is 0.701. The molecule has 0 bridgehead atoms. The molecular weight excluding hydrogens is 244 g/mol. The number of hydrogen-bond donors (Lipinski definition) is 1. The molecule has 4 heteroatoms. The molecule has 0 aliphatic carbocycles. The maximum Gasteiger partial charge on any atom is 0.254 e. The largest absolute Gasteiger partial charge is 0.352 e. The molecule has 0 radical (unpaired) electrons. The molecule has 0 aliphatic rings. The Hall–Kier alpha value is -1.03. The van der Waals surface area contributed by atoms with E-state index in [4.69, 9.17) is 0 Å². The van der Waals surface area contributed by atoms with Crippen molar-refractivity contribution in [2.45, 2.75) is 44.6 Å². The van der Waals surface area contributed by atoms with Crippen LogP contribution in [0.3, 0.4) is 0 Å². The summed E-state index contributed by atoms with van der Waals surface area (Å²) in [6, 6.07) is 3.66. The van der Waals surface area contributed by atoms with E-state index >= 15 is 0 Å². The molecule has 3 nitrogen and oxygen atoms in total. The molecule has 0 fully saturated rings. The van der Waals surface area contributed by atoms with Crippen LogP contribution in [-0.4, -0.2) is 23.2 Å². The van der Waals surface area contributed by atoms with Crippen molar-refractivity contribution in [2.75, 3.05) is 12.3 Å². The topological polar surface area (TPSA) is 42.0 Å². The van der Waals surface area contributed by atoms with E-state index < -0.39 is 0 Å². The van der Waals surface area contributed by atoms with Crippen molar-refractivity contribution >= 4 is 17.7 Å². The molecule has 0 aromatic carbocycles. The Labute approximate surface area is 114 Å². The Morgan fingerprint density at radius 3 is 2.89 bits per heavy atom. The fraction of sp³-hybridized carbons (Fsp3) is 0.571. The molecule has 1 amide bonds. The third-order valence-electron chi connectivity index (χ3n) is 2.52. The highest BCUT2D eigenvalue weighted by atomic mass is 32.2. The summed E-state index contributed by atoms with van der Waals surface area (Å²) in [6.07, 6.45) is 6.19. The molecule has 18 heavy (non-hydrogen) atoms. The van der Waals surface area contributed by atoms with Crippen LogP contribution in [-0.2, 0) is 0 Å². The zero-order valence-electron chi connectivity index (χ0n) is 11.2. The van der Waals surface area contributed by atoms with Crippen molar-refractivity contribution in [3.8, 4) is 0 Å². The predicted octanol–water partition coefficient (Wildman–Crippen LogP) is 3.50. The zero-order valence-corrected chi connectivity index (χ0v) is 12.1. The zero-order chi connectivity index (χ0) is 13.2. The summed E-state index contributed by atoms with van der Waals surface area (Å²) in [5.74, 6) is 0.991. The van der Waals surface area contributed by atoms with E-state index in [-0.39, 0.29) is 5.91 Å². The number of nitrogens with one attached hydrogen (secondary N) is 1. The predicted molar refractivity (Wildman–Crippen MR) is 77.1 cm³/mol. The molecule has 1 heterocycles. The average Bonchev–Trinajstić information content (AvgIpc) is 2.41. The first-order valence-electron chi connectivity index (χ1n) is 6.65. The standard InChI is InChI=1S/C14H22N2OS/c1-3-5-6-9-15-13(17)12-8-7-10-16-14(12)18-11-4-2/h7-8,10H,3-6,9,11H2,1-2H3,(H,15,17). The van der Waals surface area contributed by atoms with Gasteiger partial charge in [-0.25, -0.2) is 4.98 Å². The van der Waals surface area contributed by atoms with Gasteiger partial charge in [-0.2, -0.15) is 0 Å². The SMILES string of the molecule is CCCCCNC(=O)c1cccnc1SCCC. The molecule has 0 saturated carbocycles. The summed E-state index contributed by atoms with van der Waals surface area (Å²) >= 11 is 1.65. The van der Waals surface area contributed by atoms with Gasteiger partial charge in [0, 0.05) is 12.7 Å². The number of nitrogens with zero attached hydrogens (tertiary/aromatic N) is 1. The minimum absolute atomic E-state index is 0.00203. The number of thioether (sulfide) groups is 1. The quantitative estimate of drug-likeness (QED) is 0.578. The minimum atomic E-state index is -0.00203. The molecule has 1 aromatic rings. The van der Waals surface area contributed by atoms with Gasteiger partial charge in [0.2, 0.25) is 0 Å². The van der Waals surface area contributed by atoms with E-state index in [0.717, 1.165) is 36.6 Å². The number of aromatic nitrogens is 1. The maximum absolute atomic E-state index is 12.0. The molecule has 0 unspecified atom stereocenters. The van der Waals surface area contributed by atoms with Crippen LogP contribution in [0.4, 0.5) is 0 Å². The summed E-state index contributed by atoms with van der Waals surface area (Å²) < 4.78 is 0. The van der Waals surface area contributed by atoms with E-state index in [9.17, 15) is 4.79 Å². The van der Waals surface area contributed by atoms with Crippen LogP contribution in [0, 0.1) is 0 Å². The number of amides is 1. The fourth-order valence-electron chi connectivity index (χ4n) is 1.55. The Morgan fingerprint density at radius 2 is 2.17 bits per heavy atom. The van der Waals surface area contributed by atoms with Gasteiger partial charge in [-0.05, 0) is 30.7 Å². The van der Waals surface area contributed by atoms with Crippen LogP contribution in [0.2, 0.25) is 0 Å². The van der Waals surface area contributed by atoms with Crippen molar-refractivity contribution in [1.82, 2.24) is 10.3 Å². The molecule has 0 atom stereocenters. The Morgan fingerprint density at radius 1 is 1.33 bits per heavy atom. The number of unbranched alkanes of at least 4 members (excludes halogenated alkanes) is 2. The molecule has 100 valence electrons. The minimum Gasteiger partial charge on any atom is -0.352 e. The lowest BCUT2D eigenvalue weighted by molar-refractivity contribution is 0.0949. The van der Waals surface area contributed by atoms with Crippen LogP contribution in [0.15, 0.2) is 23.4 Å². The summed E-state index contributed by atoms with van der Waals surface area (Å²) in [4.78, 5) is 16.3. The average molecular weight is 266 g/mol. The third kappa shape index (κ3) is 5.08. The van der Waals surface area contributed by atoms with Crippen LogP contribution in [0.5, 0.6) is 0 Å². The van der Waals surface area contributed by atoms with Gasteiger partial charge in [0.15, 0.2) is 0 Å². The van der Waals surface area contributed by atoms with Gasteiger partial charge in [0.05, 0.1) is 5.56 Å². The van der Waals surface area contributed by atoms with E-state index in [0.29, 0.717) is 5.56 Å². The monoisotopic (exact) mass is 266 g/mol. The van der Waals surface area contributed by atoms with Crippen LogP contribution in [0.25, 0.3) is 0 Å². The Balaban J connectivity index is 2.55. The fourth-order valence-corrected chi connectivity index (χ4v) is 2.40. The number of carbonyl (C=O) groups excluding carboxylic acids is 1. The second-order valence-electron chi connectivity index (χ2n) is 4.17. The first-order chi connectivity index (χ1) is 8.79. The summed E-state index contributed by atoms with van der Waals surface area (Å²) in [7, 11) is 0. The van der Waals surface area contributed by atoms with Gasteiger partial charge in [-0.15, -0.1) is 11.8 Å². The molecule has 0 aliphatic heterocycles. The maximum atomic E-state index is 12.0. The van der Waals surface area contributed by atoms with Gasteiger partial charge in [-0.1, -0.05) is 26.7 Å². The van der Waals surface area contributed by atoms with Crippen molar-refractivity contribution in [3.63, 3.8) is 0 Å². The van der Waals surface area contributed by atoms with E-state index in [1.807, 2.05) is 12.1 Å². The van der Waals surface area contributed by atoms with Gasteiger partial charge in [-0.3, -0.25) is 4.79 Å². The van der Waals surface area contributed by atoms with E-state index in [1.165, 1.54) is 6.42 Å². The van der Waals surface area contributed by atoms with Crippen molar-refractivity contribution < 1.29 is 4.79 Å². The third-order valence-corrected chi connectivity index (χ3v) is 3.74. The molecular formula is C14H22N2OS. The first kappa shape index (κ1) is 15.0. The highest BCUT2D eigenvalue weighted by Crippen LogP contribution is 2.20. The highest BCUT2D eigenvalue weighted by Gasteiger charge is 2.11. The lowest BCUT2D eigenvalue weighted by atomic mass is 10.2. The van der Waals surface area contributed by atoms with Crippen LogP contribution >= 0.6 is 11.8 Å². The normalized spacial score (nSPS) is 10.3. The number of pyridine rings is 1. The lowest BCUT2D eigenvalue weighted by Crippen LogP contribution is -2.25. The van der Waals surface area contributed by atoms with Gasteiger partial charge >= 0.3 is 0 Å². The molecule has 0 spiro atoms. The first-order valence-corrected chi connectivity index (χ1v) is 7.64. The second kappa shape index (κ2) is 8.97. The van der Waals surface area contributed by atoms with Crippen LogP contribution in [0.1, 0.15) is 49.9 Å². The van der Waals surface area contributed by atoms with Gasteiger partial charge < -0.3 is 5.32 Å². The van der Waals surface area contributed by atoms with E-state index in [2.05, 4.69) is 24.1 Å². The van der Waals surface area contributed by atoms with Gasteiger partial charge in [0.1, 0.15) is 5.03 Å². The van der Waals surface area contributed by atoms with Crippen molar-refractivity contribution in [2.24, 2.45) is 0 Å².